The maximum Gasteiger partial charge on any atom is 0.341 e. The monoisotopic (exact) mass is 369 g/mol. The summed E-state index contributed by atoms with van der Waals surface area (Å²) in [7, 11) is 1.33. The van der Waals surface area contributed by atoms with E-state index < -0.39 is 5.97 Å². The van der Waals surface area contributed by atoms with Crippen LogP contribution in [0.2, 0.25) is 0 Å². The summed E-state index contributed by atoms with van der Waals surface area (Å²) >= 11 is 1.36. The first-order valence-corrected chi connectivity index (χ1v) is 9.05. The van der Waals surface area contributed by atoms with Gasteiger partial charge in [-0.1, -0.05) is 30.3 Å². The molecule has 0 aliphatic heterocycles. The van der Waals surface area contributed by atoms with Crippen molar-refractivity contribution in [1.29, 1.82) is 0 Å². The number of nitrogens with one attached hydrogen (secondary N) is 1. The van der Waals surface area contributed by atoms with Gasteiger partial charge in [-0.2, -0.15) is 0 Å². The number of anilines is 1. The lowest BCUT2D eigenvalue weighted by atomic mass is 10.1. The van der Waals surface area contributed by atoms with Crippen LogP contribution in [-0.2, 0) is 16.0 Å². The third-order valence-corrected chi connectivity index (χ3v) is 4.92. The van der Waals surface area contributed by atoms with E-state index in [-0.39, 0.29) is 12.3 Å². The molecule has 134 valence electrons. The van der Waals surface area contributed by atoms with Gasteiger partial charge in [0.1, 0.15) is 16.3 Å². The van der Waals surface area contributed by atoms with E-state index in [1.165, 1.54) is 18.4 Å². The van der Waals surface area contributed by atoms with Gasteiger partial charge in [0, 0.05) is 10.1 Å². The highest BCUT2D eigenvalue weighted by Crippen LogP contribution is 2.36. The predicted molar refractivity (Wildman–Crippen MR) is 103 cm³/mol. The molecule has 0 spiro atoms. The van der Waals surface area contributed by atoms with E-state index >= 15 is 0 Å². The Bertz CT molecular complexity index is 931. The van der Waals surface area contributed by atoms with E-state index in [1.54, 1.807) is 0 Å². The van der Waals surface area contributed by atoms with Crippen LogP contribution in [0.25, 0.3) is 10.1 Å². The van der Waals surface area contributed by atoms with E-state index in [0.29, 0.717) is 17.2 Å². The third kappa shape index (κ3) is 3.86. The molecule has 3 aromatic rings. The lowest BCUT2D eigenvalue weighted by molar-refractivity contribution is -0.115. The zero-order valence-electron chi connectivity index (χ0n) is 14.6. The van der Waals surface area contributed by atoms with Crippen molar-refractivity contribution in [2.24, 2.45) is 0 Å². The van der Waals surface area contributed by atoms with E-state index in [0.717, 1.165) is 21.4 Å². The summed E-state index contributed by atoms with van der Waals surface area (Å²) in [6.45, 7) is 2.52. The summed E-state index contributed by atoms with van der Waals surface area (Å²) in [5.41, 5.74) is 1.26. The van der Waals surface area contributed by atoms with Crippen molar-refractivity contribution in [3.63, 3.8) is 0 Å². The lowest BCUT2D eigenvalue weighted by Gasteiger charge is -2.07. The third-order valence-electron chi connectivity index (χ3n) is 3.84. The fraction of sp³-hybridized carbons (Fsp3) is 0.200. The quantitative estimate of drug-likeness (QED) is 0.659. The first-order valence-electron chi connectivity index (χ1n) is 8.23. The second-order valence-corrected chi connectivity index (χ2v) is 6.65. The first-order chi connectivity index (χ1) is 12.6. The average Bonchev–Trinajstić information content (AvgIpc) is 3.00. The molecule has 0 radical (unpaired) electrons. The largest absolute Gasteiger partial charge is 0.494 e. The molecule has 0 atom stereocenters. The van der Waals surface area contributed by atoms with Crippen LogP contribution in [0.4, 0.5) is 5.00 Å². The van der Waals surface area contributed by atoms with Crippen molar-refractivity contribution < 1.29 is 19.1 Å². The molecule has 0 aliphatic rings. The molecule has 0 unspecified atom stereocenters. The lowest BCUT2D eigenvalue weighted by Crippen LogP contribution is -2.15. The summed E-state index contributed by atoms with van der Waals surface area (Å²) in [4.78, 5) is 24.6. The molecular weight excluding hydrogens is 350 g/mol. The molecule has 1 aromatic heterocycles. The van der Waals surface area contributed by atoms with Crippen LogP contribution in [0.3, 0.4) is 0 Å². The van der Waals surface area contributed by atoms with Crippen molar-refractivity contribution in [2.45, 2.75) is 13.3 Å². The molecule has 0 saturated carbocycles. The highest BCUT2D eigenvalue weighted by atomic mass is 32.1. The van der Waals surface area contributed by atoms with Gasteiger partial charge in [0.05, 0.1) is 20.1 Å². The second kappa shape index (κ2) is 8.01. The summed E-state index contributed by atoms with van der Waals surface area (Å²) in [6.07, 6.45) is 0.210. The highest BCUT2D eigenvalue weighted by Gasteiger charge is 2.21. The number of carbonyl (C=O) groups excluding carboxylic acids is 2. The van der Waals surface area contributed by atoms with Gasteiger partial charge < -0.3 is 14.8 Å². The number of esters is 1. The molecular formula is C20H19NO4S. The minimum Gasteiger partial charge on any atom is -0.494 e. The number of fused-ring (bicyclic) bond motifs is 1. The summed E-state index contributed by atoms with van der Waals surface area (Å²) in [5.74, 6) is 0.124. The first kappa shape index (κ1) is 17.9. The van der Waals surface area contributed by atoms with Gasteiger partial charge in [-0.3, -0.25) is 4.79 Å². The summed E-state index contributed by atoms with van der Waals surface area (Å²) in [5, 5.41) is 4.14. The normalized spacial score (nSPS) is 10.5. The highest BCUT2D eigenvalue weighted by molar-refractivity contribution is 7.23. The van der Waals surface area contributed by atoms with E-state index in [1.807, 2.05) is 55.5 Å². The Morgan fingerprint density at radius 3 is 2.50 bits per heavy atom. The maximum atomic E-state index is 12.4. The number of amides is 1. The molecule has 3 rings (SSSR count). The topological polar surface area (TPSA) is 64.6 Å². The van der Waals surface area contributed by atoms with Gasteiger partial charge in [-0.15, -0.1) is 11.3 Å². The summed E-state index contributed by atoms with van der Waals surface area (Å²) in [6, 6.07) is 14.9. The zero-order valence-corrected chi connectivity index (χ0v) is 15.4. The van der Waals surface area contributed by atoms with Crippen molar-refractivity contribution in [3.8, 4) is 5.75 Å². The molecule has 1 N–H and O–H groups in total. The molecule has 2 aromatic carbocycles. The number of rotatable bonds is 6. The van der Waals surface area contributed by atoms with Crippen molar-refractivity contribution in [2.75, 3.05) is 19.0 Å². The van der Waals surface area contributed by atoms with Crippen molar-refractivity contribution in [1.82, 2.24) is 0 Å². The molecule has 1 amide bonds. The van der Waals surface area contributed by atoms with Crippen LogP contribution in [0.15, 0.2) is 48.5 Å². The van der Waals surface area contributed by atoms with Crippen LogP contribution >= 0.6 is 11.3 Å². The Hall–Kier alpha value is -2.86. The number of hydrogen-bond donors (Lipinski definition) is 1. The van der Waals surface area contributed by atoms with Crippen LogP contribution in [-0.4, -0.2) is 25.6 Å². The Morgan fingerprint density at radius 1 is 1.08 bits per heavy atom. The van der Waals surface area contributed by atoms with E-state index in [9.17, 15) is 9.59 Å². The van der Waals surface area contributed by atoms with Gasteiger partial charge >= 0.3 is 5.97 Å². The van der Waals surface area contributed by atoms with Crippen molar-refractivity contribution >= 4 is 38.3 Å². The number of methoxy groups -OCH3 is 1. The number of hydrogen-bond acceptors (Lipinski definition) is 5. The molecule has 0 bridgehead atoms. The van der Waals surface area contributed by atoms with Crippen LogP contribution in [0.1, 0.15) is 22.8 Å². The Morgan fingerprint density at radius 2 is 1.81 bits per heavy atom. The van der Waals surface area contributed by atoms with Gasteiger partial charge in [0.15, 0.2) is 0 Å². The average molecular weight is 369 g/mol. The number of carbonyl (C=O) groups is 2. The van der Waals surface area contributed by atoms with Crippen LogP contribution in [0, 0.1) is 0 Å². The minimum atomic E-state index is -0.459. The van der Waals surface area contributed by atoms with E-state index in [4.69, 9.17) is 9.47 Å². The SMILES string of the molecule is CCOc1ccc(CC(=O)Nc2sc3ccccc3c2C(=O)OC)cc1. The molecule has 5 nitrogen and oxygen atoms in total. The van der Waals surface area contributed by atoms with Gasteiger partial charge in [0.25, 0.3) is 0 Å². The van der Waals surface area contributed by atoms with Crippen LogP contribution < -0.4 is 10.1 Å². The van der Waals surface area contributed by atoms with Crippen LogP contribution in [0.5, 0.6) is 5.75 Å². The van der Waals surface area contributed by atoms with Crippen molar-refractivity contribution in [3.05, 3.63) is 59.7 Å². The number of thiophene rings is 1. The molecule has 0 saturated heterocycles. The van der Waals surface area contributed by atoms with Gasteiger partial charge in [0.2, 0.25) is 5.91 Å². The van der Waals surface area contributed by atoms with Gasteiger partial charge in [-0.25, -0.2) is 4.79 Å². The Labute approximate surface area is 155 Å². The summed E-state index contributed by atoms with van der Waals surface area (Å²) < 4.78 is 11.2. The fourth-order valence-corrected chi connectivity index (χ4v) is 3.77. The number of benzene rings is 2. The minimum absolute atomic E-state index is 0.189. The fourth-order valence-electron chi connectivity index (χ4n) is 2.66. The standard InChI is InChI=1S/C20H19NO4S/c1-3-25-14-10-8-13(9-11-14)12-17(22)21-19-18(20(23)24-2)15-6-4-5-7-16(15)26-19/h4-11H,3,12H2,1-2H3,(H,21,22). The molecule has 6 heteroatoms. The van der Waals surface area contributed by atoms with Gasteiger partial charge in [-0.05, 0) is 30.7 Å². The molecule has 0 aliphatic carbocycles. The maximum absolute atomic E-state index is 12.4. The number of ether oxygens (including phenoxy) is 2. The molecule has 26 heavy (non-hydrogen) atoms. The Kier molecular flexibility index (Phi) is 5.53. The smallest absolute Gasteiger partial charge is 0.341 e. The predicted octanol–water partition coefficient (Wildman–Crippen LogP) is 4.27. The second-order valence-electron chi connectivity index (χ2n) is 5.60. The molecule has 1 heterocycles. The molecule has 0 fully saturated rings. The zero-order chi connectivity index (χ0) is 18.5. The Balaban J connectivity index is 1.79. The van der Waals surface area contributed by atoms with E-state index in [2.05, 4.69) is 5.32 Å².